The molecule has 276 valence electrons. The summed E-state index contributed by atoms with van der Waals surface area (Å²) in [5.74, 6) is 1.23. The third-order valence-corrected chi connectivity index (χ3v) is 19.0. The summed E-state index contributed by atoms with van der Waals surface area (Å²) in [4.78, 5) is 5.24. The number of benzene rings is 6. The molecule has 0 heterocycles. The highest BCUT2D eigenvalue weighted by atomic mass is 28.3. The quantitative estimate of drug-likeness (QED) is 0.144. The molecule has 2 nitrogen and oxygen atoms in total. The topological polar surface area (TPSA) is 6.48 Å². The molecule has 6 aromatic rings. The van der Waals surface area contributed by atoms with E-state index in [1.54, 1.807) is 44.5 Å². The van der Waals surface area contributed by atoms with Crippen molar-refractivity contribution >= 4 is 42.2 Å². The van der Waals surface area contributed by atoms with E-state index < -0.39 is 8.07 Å². The normalized spacial score (nSPS) is 20.9. The number of fused-ring (bicyclic) bond motifs is 4. The summed E-state index contributed by atoms with van der Waals surface area (Å²) >= 11 is 0. The molecule has 0 saturated heterocycles. The van der Waals surface area contributed by atoms with E-state index in [1.807, 2.05) is 0 Å². The standard InChI is InChI=1S/C52H54N2Si/c1-35-31-45-47(33-37-19-17-29-43(37)49(45)53(39-21-9-5-10-22-39)40-23-11-6-12-24-40)51(35)55(3,4)52-36(2)32-46-48(52)34-38-20-18-30-44(38)50(46)54(41-25-13-7-14-26-41)42-27-15-8-16-28-42/h5-16,21-28,33-36,51-52H,17-20,29-32H2,1-4H3. The summed E-state index contributed by atoms with van der Waals surface area (Å²) in [6, 6.07) is 50.2. The molecular formula is C52H54N2Si. The van der Waals surface area contributed by atoms with Gasteiger partial charge in [-0.15, -0.1) is 0 Å². The second-order valence-corrected chi connectivity index (χ2v) is 22.6. The van der Waals surface area contributed by atoms with Gasteiger partial charge in [-0.1, -0.05) is 112 Å². The molecule has 4 atom stereocenters. The summed E-state index contributed by atoms with van der Waals surface area (Å²) in [6.07, 6.45) is 9.57. The third kappa shape index (κ3) is 5.64. The molecule has 4 unspecified atom stereocenters. The SMILES string of the molecule is CC1Cc2c(cc3c(c2N(c2ccccc2)c2ccccc2)CCC3)C1[Si](C)(C)C1c2cc3c(c(N(c4ccccc4)c4ccccc4)c2CC1C)CCC3. The van der Waals surface area contributed by atoms with Crippen molar-refractivity contribution < 1.29 is 0 Å². The van der Waals surface area contributed by atoms with Gasteiger partial charge in [-0.05, 0) is 167 Å². The molecule has 0 aromatic heterocycles. The third-order valence-electron chi connectivity index (χ3n) is 14.0. The molecule has 4 aliphatic rings. The maximum atomic E-state index is 2.79. The first kappa shape index (κ1) is 34.6. The highest BCUT2D eigenvalue weighted by Crippen LogP contribution is 2.59. The van der Waals surface area contributed by atoms with Crippen molar-refractivity contribution in [3.8, 4) is 0 Å². The van der Waals surface area contributed by atoms with Crippen LogP contribution < -0.4 is 9.80 Å². The zero-order valence-corrected chi connectivity index (χ0v) is 34.1. The Morgan fingerprint density at radius 2 is 0.764 bits per heavy atom. The molecule has 0 saturated carbocycles. The van der Waals surface area contributed by atoms with Crippen LogP contribution in [0.15, 0.2) is 133 Å². The molecular weight excluding hydrogens is 681 g/mol. The Hall–Kier alpha value is -4.86. The first-order valence-corrected chi connectivity index (χ1v) is 24.2. The van der Waals surface area contributed by atoms with Crippen LogP contribution in [-0.2, 0) is 38.5 Å². The van der Waals surface area contributed by atoms with Gasteiger partial charge in [0.1, 0.15) is 0 Å². The zero-order chi connectivity index (χ0) is 37.3. The lowest BCUT2D eigenvalue weighted by Gasteiger charge is -2.42. The first-order chi connectivity index (χ1) is 26.9. The fraction of sp³-hybridized carbons (Fsp3) is 0.308. The monoisotopic (exact) mass is 734 g/mol. The Kier molecular flexibility index (Phi) is 8.63. The van der Waals surface area contributed by atoms with Gasteiger partial charge < -0.3 is 9.80 Å². The number of hydrogen-bond donors (Lipinski definition) is 0. The van der Waals surface area contributed by atoms with E-state index in [4.69, 9.17) is 0 Å². The van der Waals surface area contributed by atoms with E-state index in [9.17, 15) is 0 Å². The van der Waals surface area contributed by atoms with Gasteiger partial charge in [0.15, 0.2) is 0 Å². The van der Waals surface area contributed by atoms with Crippen LogP contribution in [0.25, 0.3) is 0 Å². The van der Waals surface area contributed by atoms with Crippen molar-refractivity contribution in [1.82, 2.24) is 0 Å². The Morgan fingerprint density at radius 3 is 1.09 bits per heavy atom. The average molecular weight is 735 g/mol. The van der Waals surface area contributed by atoms with Crippen LogP contribution in [0.3, 0.4) is 0 Å². The molecule has 0 spiro atoms. The van der Waals surface area contributed by atoms with Crippen LogP contribution in [0.4, 0.5) is 34.1 Å². The summed E-state index contributed by atoms with van der Waals surface area (Å²) in [5, 5.41) is 0. The van der Waals surface area contributed by atoms with Crippen molar-refractivity contribution in [1.29, 1.82) is 0 Å². The van der Waals surface area contributed by atoms with Crippen LogP contribution >= 0.6 is 0 Å². The number of anilines is 6. The van der Waals surface area contributed by atoms with Gasteiger partial charge >= 0.3 is 0 Å². The average Bonchev–Trinajstić information content (AvgIpc) is 4.01. The Balaban J connectivity index is 1.14. The van der Waals surface area contributed by atoms with Gasteiger partial charge in [0.05, 0.1) is 19.4 Å². The van der Waals surface area contributed by atoms with Crippen LogP contribution in [0, 0.1) is 11.8 Å². The lowest BCUT2D eigenvalue weighted by molar-refractivity contribution is 0.543. The van der Waals surface area contributed by atoms with Crippen LogP contribution in [0.5, 0.6) is 0 Å². The largest absolute Gasteiger partial charge is 0.310 e. The maximum absolute atomic E-state index is 2.79. The van der Waals surface area contributed by atoms with Crippen molar-refractivity contribution in [3.05, 3.63) is 178 Å². The Bertz CT molecular complexity index is 2110. The predicted octanol–water partition coefficient (Wildman–Crippen LogP) is 13.6. The number of hydrogen-bond acceptors (Lipinski definition) is 2. The van der Waals surface area contributed by atoms with Gasteiger partial charge in [-0.2, -0.15) is 0 Å². The van der Waals surface area contributed by atoms with E-state index >= 15 is 0 Å². The zero-order valence-electron chi connectivity index (χ0n) is 33.1. The fourth-order valence-corrected chi connectivity index (χ4v) is 17.9. The molecule has 0 radical (unpaired) electrons. The second kappa shape index (κ2) is 13.7. The molecule has 4 aliphatic carbocycles. The summed E-state index contributed by atoms with van der Waals surface area (Å²) < 4.78 is 0. The van der Waals surface area contributed by atoms with Gasteiger partial charge in [-0.25, -0.2) is 0 Å². The summed E-state index contributed by atoms with van der Waals surface area (Å²) in [5.41, 5.74) is 22.3. The van der Waals surface area contributed by atoms with Crippen LogP contribution in [0.1, 0.15) is 82.3 Å². The molecule has 55 heavy (non-hydrogen) atoms. The maximum Gasteiger partial charge on any atom is 0.0634 e. The molecule has 0 bridgehead atoms. The van der Waals surface area contributed by atoms with Crippen LogP contribution in [-0.4, -0.2) is 8.07 Å². The van der Waals surface area contributed by atoms with Crippen molar-refractivity contribution in [2.75, 3.05) is 9.80 Å². The van der Waals surface area contributed by atoms with E-state index in [0.717, 1.165) is 12.8 Å². The lowest BCUT2D eigenvalue weighted by Crippen LogP contribution is -2.45. The minimum Gasteiger partial charge on any atom is -0.310 e. The number of para-hydroxylation sites is 4. The molecule has 10 rings (SSSR count). The van der Waals surface area contributed by atoms with E-state index in [-0.39, 0.29) is 0 Å². The fourth-order valence-electron chi connectivity index (χ4n) is 12.2. The second-order valence-electron chi connectivity index (χ2n) is 17.7. The smallest absolute Gasteiger partial charge is 0.0634 e. The van der Waals surface area contributed by atoms with E-state index in [0.29, 0.717) is 22.9 Å². The molecule has 0 fully saturated rings. The highest BCUT2D eigenvalue weighted by Gasteiger charge is 2.52. The first-order valence-electron chi connectivity index (χ1n) is 21.1. The number of nitrogens with zero attached hydrogens (tertiary/aromatic N) is 2. The van der Waals surface area contributed by atoms with E-state index in [1.165, 1.54) is 72.6 Å². The van der Waals surface area contributed by atoms with Crippen molar-refractivity contribution in [2.45, 2.75) is 89.4 Å². The minimum atomic E-state index is -2.00. The Labute approximate surface area is 329 Å². The predicted molar refractivity (Wildman–Crippen MR) is 235 cm³/mol. The van der Waals surface area contributed by atoms with Gasteiger partial charge in [0, 0.05) is 22.7 Å². The minimum absolute atomic E-state index is 0.606. The van der Waals surface area contributed by atoms with Gasteiger partial charge in [0.25, 0.3) is 0 Å². The van der Waals surface area contributed by atoms with Gasteiger partial charge in [0.2, 0.25) is 0 Å². The highest BCUT2D eigenvalue weighted by molar-refractivity contribution is 6.80. The number of rotatable bonds is 8. The molecule has 6 aromatic carbocycles. The molecule has 0 aliphatic heterocycles. The Morgan fingerprint density at radius 1 is 0.436 bits per heavy atom. The summed E-state index contributed by atoms with van der Waals surface area (Å²) in [6.45, 7) is 10.8. The van der Waals surface area contributed by atoms with Crippen LogP contribution in [0.2, 0.25) is 13.1 Å². The summed E-state index contributed by atoms with van der Waals surface area (Å²) in [7, 11) is -2.00. The lowest BCUT2D eigenvalue weighted by atomic mass is 9.96. The molecule has 0 N–H and O–H groups in total. The van der Waals surface area contributed by atoms with Crippen molar-refractivity contribution in [3.63, 3.8) is 0 Å². The molecule has 3 heteroatoms. The van der Waals surface area contributed by atoms with E-state index in [2.05, 4.69) is 170 Å². The van der Waals surface area contributed by atoms with Crippen molar-refractivity contribution in [2.24, 2.45) is 11.8 Å². The van der Waals surface area contributed by atoms with Gasteiger partial charge in [-0.3, -0.25) is 0 Å². The number of aryl methyl sites for hydroxylation is 2. The molecule has 0 amide bonds.